The Morgan fingerprint density at radius 1 is 1.06 bits per heavy atom. The summed E-state index contributed by atoms with van der Waals surface area (Å²) in [6.45, 7) is 1.84. The van der Waals surface area contributed by atoms with E-state index in [9.17, 15) is 9.59 Å². The van der Waals surface area contributed by atoms with E-state index in [1.807, 2.05) is 13.0 Å². The van der Waals surface area contributed by atoms with E-state index in [0.29, 0.717) is 51.9 Å². The summed E-state index contributed by atoms with van der Waals surface area (Å²) in [5.74, 6) is 0.791. The van der Waals surface area contributed by atoms with Crippen LogP contribution in [0.1, 0.15) is 37.7 Å². The summed E-state index contributed by atoms with van der Waals surface area (Å²) >= 11 is 0. The highest BCUT2D eigenvalue weighted by molar-refractivity contribution is 6.09. The molecule has 2 aromatic rings. The molecule has 8 heteroatoms. The van der Waals surface area contributed by atoms with Crippen LogP contribution in [0.4, 0.5) is 5.82 Å². The maximum Gasteiger partial charge on any atom is 0.255 e. The second kappa shape index (κ2) is 9.36. The van der Waals surface area contributed by atoms with Crippen molar-refractivity contribution in [3.05, 3.63) is 64.6 Å². The van der Waals surface area contributed by atoms with Gasteiger partial charge in [-0.25, -0.2) is 4.98 Å². The highest BCUT2D eigenvalue weighted by atomic mass is 16.5. The SMILES string of the molecule is COc1ccc([C@@H]2C(C(=O)Nc3ccccn3)=C(C)NC3=C2C(=O)CCC3)c(OC)c1OC. The Morgan fingerprint density at radius 2 is 1.85 bits per heavy atom. The Hall–Kier alpha value is -3.81. The van der Waals surface area contributed by atoms with Gasteiger partial charge in [0.15, 0.2) is 17.3 Å². The number of carbonyl (C=O) groups is 2. The third-order valence-corrected chi connectivity index (χ3v) is 5.97. The first kappa shape index (κ1) is 22.4. The molecule has 172 valence electrons. The zero-order valence-electron chi connectivity index (χ0n) is 19.2. The fourth-order valence-corrected chi connectivity index (χ4v) is 4.57. The highest BCUT2D eigenvalue weighted by Gasteiger charge is 2.40. The standard InChI is InChI=1S/C25H27N3O5/c1-14-20(25(30)28-19-10-5-6-13-26-19)21(22-16(27-14)8-7-9-17(22)29)15-11-12-18(31-2)24(33-4)23(15)32-3/h5-6,10-13,21,27H,7-9H2,1-4H3,(H,26,28,30)/t21-/m1/s1. The number of Topliss-reactive ketones (excluding diaryl/α,β-unsaturated/α-hetero) is 1. The van der Waals surface area contributed by atoms with Crippen molar-refractivity contribution in [2.24, 2.45) is 0 Å². The minimum Gasteiger partial charge on any atom is -0.493 e. The number of anilines is 1. The van der Waals surface area contributed by atoms with Crippen LogP contribution in [0.25, 0.3) is 0 Å². The van der Waals surface area contributed by atoms with Crippen LogP contribution in [-0.2, 0) is 9.59 Å². The lowest BCUT2D eigenvalue weighted by molar-refractivity contribution is -0.116. The number of dihydropyridines is 1. The summed E-state index contributed by atoms with van der Waals surface area (Å²) < 4.78 is 16.7. The molecule has 0 radical (unpaired) electrons. The fourth-order valence-electron chi connectivity index (χ4n) is 4.57. The second-order valence-corrected chi connectivity index (χ2v) is 7.86. The van der Waals surface area contributed by atoms with Crippen molar-refractivity contribution in [2.75, 3.05) is 26.6 Å². The van der Waals surface area contributed by atoms with Crippen molar-refractivity contribution in [1.82, 2.24) is 10.3 Å². The minimum absolute atomic E-state index is 0.0150. The Labute approximate surface area is 192 Å². The Morgan fingerprint density at radius 3 is 2.52 bits per heavy atom. The van der Waals surface area contributed by atoms with Crippen LogP contribution in [0, 0.1) is 0 Å². The number of nitrogens with zero attached hydrogens (tertiary/aromatic N) is 1. The lowest BCUT2D eigenvalue weighted by Gasteiger charge is -2.35. The van der Waals surface area contributed by atoms with Gasteiger partial charge in [-0.3, -0.25) is 9.59 Å². The van der Waals surface area contributed by atoms with E-state index in [2.05, 4.69) is 15.6 Å². The summed E-state index contributed by atoms with van der Waals surface area (Å²) in [5.41, 5.74) is 3.20. The molecule has 2 N–H and O–H groups in total. The second-order valence-electron chi connectivity index (χ2n) is 7.86. The van der Waals surface area contributed by atoms with Gasteiger partial charge < -0.3 is 24.8 Å². The van der Waals surface area contributed by atoms with Crippen molar-refractivity contribution in [3.8, 4) is 17.2 Å². The molecule has 0 saturated heterocycles. The van der Waals surface area contributed by atoms with Crippen LogP contribution in [-0.4, -0.2) is 38.0 Å². The van der Waals surface area contributed by atoms with Gasteiger partial charge in [-0.05, 0) is 38.0 Å². The molecule has 0 saturated carbocycles. The molecule has 0 bridgehead atoms. The van der Waals surface area contributed by atoms with E-state index in [-0.39, 0.29) is 11.7 Å². The van der Waals surface area contributed by atoms with E-state index in [1.54, 1.807) is 37.6 Å². The van der Waals surface area contributed by atoms with E-state index < -0.39 is 5.92 Å². The van der Waals surface area contributed by atoms with Crippen LogP contribution in [0.5, 0.6) is 17.2 Å². The summed E-state index contributed by atoms with van der Waals surface area (Å²) in [4.78, 5) is 30.9. The van der Waals surface area contributed by atoms with Gasteiger partial charge in [0, 0.05) is 40.7 Å². The molecule has 2 heterocycles. The van der Waals surface area contributed by atoms with Crippen molar-refractivity contribution in [3.63, 3.8) is 0 Å². The fraction of sp³-hybridized carbons (Fsp3) is 0.320. The van der Waals surface area contributed by atoms with Gasteiger partial charge in [0.2, 0.25) is 5.75 Å². The van der Waals surface area contributed by atoms with Gasteiger partial charge in [-0.15, -0.1) is 0 Å². The maximum absolute atomic E-state index is 13.5. The number of hydrogen-bond donors (Lipinski definition) is 2. The minimum atomic E-state index is -0.632. The molecule has 1 aliphatic carbocycles. The van der Waals surface area contributed by atoms with Gasteiger partial charge >= 0.3 is 0 Å². The number of benzene rings is 1. The molecule has 0 spiro atoms. The molecule has 2 aliphatic rings. The van der Waals surface area contributed by atoms with Crippen molar-refractivity contribution >= 4 is 17.5 Å². The number of nitrogens with one attached hydrogen (secondary N) is 2. The van der Waals surface area contributed by atoms with Gasteiger partial charge in [-0.1, -0.05) is 12.1 Å². The molecular weight excluding hydrogens is 422 g/mol. The molecule has 1 atom stereocenters. The average Bonchev–Trinajstić information content (AvgIpc) is 2.82. The topological polar surface area (TPSA) is 98.8 Å². The largest absolute Gasteiger partial charge is 0.493 e. The van der Waals surface area contributed by atoms with E-state index in [1.165, 1.54) is 14.2 Å². The number of allylic oxidation sites excluding steroid dienone is 3. The molecule has 0 unspecified atom stereocenters. The number of carbonyl (C=O) groups excluding carboxylic acids is 2. The molecule has 1 aliphatic heterocycles. The number of pyridine rings is 1. The Bertz CT molecular complexity index is 1150. The summed E-state index contributed by atoms with van der Waals surface area (Å²) in [7, 11) is 4.60. The van der Waals surface area contributed by atoms with Crippen LogP contribution in [0.2, 0.25) is 0 Å². The monoisotopic (exact) mass is 449 g/mol. The number of rotatable bonds is 6. The number of amides is 1. The number of ketones is 1. The van der Waals surface area contributed by atoms with Crippen LogP contribution < -0.4 is 24.8 Å². The molecular formula is C25H27N3O5. The third-order valence-electron chi connectivity index (χ3n) is 5.97. The number of ether oxygens (including phenoxy) is 3. The lowest BCUT2D eigenvalue weighted by atomic mass is 9.74. The zero-order chi connectivity index (χ0) is 23.5. The first-order chi connectivity index (χ1) is 16.0. The third kappa shape index (κ3) is 4.04. The molecule has 0 fully saturated rings. The quantitative estimate of drug-likeness (QED) is 0.694. The molecule has 33 heavy (non-hydrogen) atoms. The predicted molar refractivity (Wildman–Crippen MR) is 123 cm³/mol. The summed E-state index contributed by atoms with van der Waals surface area (Å²) in [6.07, 6.45) is 3.54. The van der Waals surface area contributed by atoms with E-state index in [4.69, 9.17) is 14.2 Å². The van der Waals surface area contributed by atoms with Crippen molar-refractivity contribution in [1.29, 1.82) is 0 Å². The first-order valence-corrected chi connectivity index (χ1v) is 10.7. The van der Waals surface area contributed by atoms with E-state index in [0.717, 1.165) is 18.5 Å². The molecule has 1 aromatic carbocycles. The smallest absolute Gasteiger partial charge is 0.255 e. The Kier molecular flexibility index (Phi) is 6.35. The summed E-state index contributed by atoms with van der Waals surface area (Å²) in [6, 6.07) is 8.87. The van der Waals surface area contributed by atoms with Gasteiger partial charge in [0.05, 0.1) is 27.2 Å². The normalized spacial score (nSPS) is 17.8. The summed E-state index contributed by atoms with van der Waals surface area (Å²) in [5, 5.41) is 6.18. The number of methoxy groups -OCH3 is 3. The van der Waals surface area contributed by atoms with Crippen LogP contribution >= 0.6 is 0 Å². The maximum atomic E-state index is 13.5. The lowest BCUT2D eigenvalue weighted by Crippen LogP contribution is -2.35. The highest BCUT2D eigenvalue weighted by Crippen LogP contribution is 2.49. The van der Waals surface area contributed by atoms with Crippen molar-refractivity contribution < 1.29 is 23.8 Å². The average molecular weight is 450 g/mol. The van der Waals surface area contributed by atoms with Gasteiger partial charge in [0.25, 0.3) is 5.91 Å². The van der Waals surface area contributed by atoms with Crippen LogP contribution in [0.15, 0.2) is 59.1 Å². The van der Waals surface area contributed by atoms with Crippen molar-refractivity contribution in [2.45, 2.75) is 32.1 Å². The zero-order valence-corrected chi connectivity index (χ0v) is 19.2. The Balaban J connectivity index is 1.90. The number of aromatic nitrogens is 1. The molecule has 1 amide bonds. The van der Waals surface area contributed by atoms with Gasteiger partial charge in [-0.2, -0.15) is 0 Å². The van der Waals surface area contributed by atoms with Crippen LogP contribution in [0.3, 0.4) is 0 Å². The van der Waals surface area contributed by atoms with Gasteiger partial charge in [0.1, 0.15) is 5.82 Å². The van der Waals surface area contributed by atoms with E-state index >= 15 is 0 Å². The molecule has 4 rings (SSSR count). The number of hydrogen-bond acceptors (Lipinski definition) is 7. The molecule has 8 nitrogen and oxygen atoms in total. The molecule has 1 aromatic heterocycles. The predicted octanol–water partition coefficient (Wildman–Crippen LogP) is 3.71. The first-order valence-electron chi connectivity index (χ1n) is 10.7.